The second kappa shape index (κ2) is 2.96. The van der Waals surface area contributed by atoms with Gasteiger partial charge in [-0.15, -0.1) is 15.3 Å². The first-order chi connectivity index (χ1) is 7.27. The number of halogens is 1. The summed E-state index contributed by atoms with van der Waals surface area (Å²) in [6.45, 7) is 1.41. The predicted molar refractivity (Wildman–Crippen MR) is 54.6 cm³/mol. The maximum absolute atomic E-state index is 6.00. The molecule has 0 bridgehead atoms. The lowest BCUT2D eigenvalue weighted by Crippen LogP contribution is -2.30. The number of fused-ring (bicyclic) bond motifs is 3. The molecule has 0 aliphatic carbocycles. The van der Waals surface area contributed by atoms with Crippen molar-refractivity contribution in [2.24, 2.45) is 0 Å². The van der Waals surface area contributed by atoms with E-state index in [1.807, 2.05) is 11.9 Å². The zero-order valence-corrected chi connectivity index (χ0v) is 8.77. The van der Waals surface area contributed by atoms with Crippen molar-refractivity contribution >= 4 is 22.9 Å². The Morgan fingerprint density at radius 1 is 1.53 bits per heavy atom. The van der Waals surface area contributed by atoms with Crippen molar-refractivity contribution < 1.29 is 4.74 Å². The molecule has 0 fully saturated rings. The van der Waals surface area contributed by atoms with Crippen LogP contribution in [0.25, 0.3) is 5.65 Å². The molecule has 6 nitrogen and oxygen atoms in total. The van der Waals surface area contributed by atoms with Gasteiger partial charge in [-0.05, 0) is 0 Å². The summed E-state index contributed by atoms with van der Waals surface area (Å²) in [6, 6.07) is 0. The minimum Gasteiger partial charge on any atom is -0.486 e. The van der Waals surface area contributed by atoms with Gasteiger partial charge < -0.3 is 9.64 Å². The van der Waals surface area contributed by atoms with Gasteiger partial charge in [-0.3, -0.25) is 0 Å². The smallest absolute Gasteiger partial charge is 0.204 e. The van der Waals surface area contributed by atoms with E-state index in [1.54, 1.807) is 4.52 Å². The van der Waals surface area contributed by atoms with Crippen LogP contribution in [0.4, 0.5) is 5.69 Å². The lowest BCUT2D eigenvalue weighted by Gasteiger charge is -2.27. The third-order valence-electron chi connectivity index (χ3n) is 2.40. The molecule has 15 heavy (non-hydrogen) atoms. The van der Waals surface area contributed by atoms with Crippen LogP contribution in [-0.4, -0.2) is 40.0 Å². The zero-order valence-electron chi connectivity index (χ0n) is 8.01. The Balaban J connectivity index is 2.40. The third kappa shape index (κ3) is 1.14. The number of likely N-dealkylation sites (N-methyl/N-ethyl adjacent to an activating group) is 1. The fourth-order valence-corrected chi connectivity index (χ4v) is 1.89. The molecule has 3 rings (SSSR count). The zero-order chi connectivity index (χ0) is 10.4. The van der Waals surface area contributed by atoms with Crippen molar-refractivity contribution in [2.75, 3.05) is 25.1 Å². The van der Waals surface area contributed by atoms with Gasteiger partial charge in [0.25, 0.3) is 0 Å². The maximum Gasteiger partial charge on any atom is 0.204 e. The normalized spacial score (nSPS) is 15.2. The molecule has 0 N–H and O–H groups in total. The lowest BCUT2D eigenvalue weighted by molar-refractivity contribution is 0.309. The fourth-order valence-electron chi connectivity index (χ4n) is 1.67. The summed E-state index contributed by atoms with van der Waals surface area (Å²) in [6.07, 6.45) is 1.52. The van der Waals surface area contributed by atoms with Gasteiger partial charge in [0.2, 0.25) is 5.65 Å². The molecule has 7 heteroatoms. The van der Waals surface area contributed by atoms with Crippen molar-refractivity contribution in [2.45, 2.75) is 0 Å². The highest BCUT2D eigenvalue weighted by Crippen LogP contribution is 2.38. The molecule has 0 saturated carbocycles. The Kier molecular flexibility index (Phi) is 1.72. The van der Waals surface area contributed by atoms with Crippen LogP contribution in [0.1, 0.15) is 0 Å². The van der Waals surface area contributed by atoms with Crippen LogP contribution in [0.5, 0.6) is 5.75 Å². The highest BCUT2D eigenvalue weighted by atomic mass is 35.5. The van der Waals surface area contributed by atoms with Crippen LogP contribution in [0, 0.1) is 0 Å². The molecule has 0 atom stereocenters. The molecule has 3 heterocycles. The highest BCUT2D eigenvalue weighted by molar-refractivity contribution is 6.31. The quantitative estimate of drug-likeness (QED) is 0.658. The molecule has 2 aromatic heterocycles. The van der Waals surface area contributed by atoms with E-state index in [0.717, 1.165) is 12.2 Å². The number of rotatable bonds is 0. The van der Waals surface area contributed by atoms with E-state index in [0.29, 0.717) is 23.2 Å². The van der Waals surface area contributed by atoms with Crippen LogP contribution >= 0.6 is 11.6 Å². The molecular weight excluding hydrogens is 218 g/mol. The summed E-state index contributed by atoms with van der Waals surface area (Å²) in [4.78, 5) is 2.04. The summed E-state index contributed by atoms with van der Waals surface area (Å²) in [7, 11) is 1.96. The van der Waals surface area contributed by atoms with Gasteiger partial charge in [-0.25, -0.2) is 0 Å². The van der Waals surface area contributed by atoms with Crippen LogP contribution in [0.2, 0.25) is 5.15 Å². The summed E-state index contributed by atoms with van der Waals surface area (Å²) >= 11 is 6.00. The Bertz CT molecular complexity index is 525. The van der Waals surface area contributed by atoms with Crippen LogP contribution in [0.15, 0.2) is 6.33 Å². The number of hydrogen-bond acceptors (Lipinski definition) is 5. The minimum absolute atomic E-state index is 0.337. The molecule has 0 saturated heterocycles. The molecule has 0 spiro atoms. The van der Waals surface area contributed by atoms with E-state index in [-0.39, 0.29) is 0 Å². The van der Waals surface area contributed by atoms with Crippen LogP contribution in [-0.2, 0) is 0 Å². The summed E-state index contributed by atoms with van der Waals surface area (Å²) in [5.41, 5.74) is 1.51. The van der Waals surface area contributed by atoms with E-state index in [9.17, 15) is 0 Å². The minimum atomic E-state index is 0.337. The average molecular weight is 226 g/mol. The molecule has 0 unspecified atom stereocenters. The largest absolute Gasteiger partial charge is 0.486 e. The van der Waals surface area contributed by atoms with Gasteiger partial charge in [0.15, 0.2) is 10.9 Å². The standard InChI is InChI=1S/C8H8ClN5O/c1-13-2-3-15-6-5(13)8-11-10-4-14(8)12-7(6)9/h4H,2-3H2,1H3. The number of anilines is 1. The average Bonchev–Trinajstić information content (AvgIpc) is 2.66. The van der Waals surface area contributed by atoms with Gasteiger partial charge in [0.1, 0.15) is 18.6 Å². The van der Waals surface area contributed by atoms with E-state index in [1.165, 1.54) is 6.33 Å². The predicted octanol–water partition coefficient (Wildman–Crippen LogP) is 0.606. The first kappa shape index (κ1) is 8.72. The maximum atomic E-state index is 6.00. The molecule has 0 aromatic carbocycles. The molecule has 1 aliphatic rings. The van der Waals surface area contributed by atoms with Gasteiger partial charge in [-0.1, -0.05) is 11.6 Å². The monoisotopic (exact) mass is 225 g/mol. The molecule has 78 valence electrons. The topological polar surface area (TPSA) is 55.5 Å². The highest BCUT2D eigenvalue weighted by Gasteiger charge is 2.23. The number of aromatic nitrogens is 4. The first-order valence-corrected chi connectivity index (χ1v) is 4.88. The van der Waals surface area contributed by atoms with E-state index in [2.05, 4.69) is 15.3 Å². The third-order valence-corrected chi connectivity index (χ3v) is 2.64. The Morgan fingerprint density at radius 2 is 2.40 bits per heavy atom. The molecule has 0 amide bonds. The Hall–Kier alpha value is -1.56. The van der Waals surface area contributed by atoms with Gasteiger partial charge in [0, 0.05) is 7.05 Å². The van der Waals surface area contributed by atoms with Gasteiger partial charge >= 0.3 is 0 Å². The summed E-state index contributed by atoms with van der Waals surface area (Å²) < 4.78 is 7.03. The number of ether oxygens (including phenoxy) is 1. The van der Waals surface area contributed by atoms with Gasteiger partial charge in [-0.2, -0.15) is 4.52 Å². The van der Waals surface area contributed by atoms with E-state index < -0.39 is 0 Å². The van der Waals surface area contributed by atoms with Crippen LogP contribution < -0.4 is 9.64 Å². The SMILES string of the molecule is CN1CCOc2c(Cl)nn3cnnc3c21. The number of nitrogens with zero attached hydrogens (tertiary/aromatic N) is 5. The van der Waals surface area contributed by atoms with Crippen molar-refractivity contribution in [3.63, 3.8) is 0 Å². The summed E-state index contributed by atoms with van der Waals surface area (Å²) in [5, 5.41) is 12.2. The first-order valence-electron chi connectivity index (χ1n) is 4.51. The van der Waals surface area contributed by atoms with Crippen molar-refractivity contribution in [1.82, 2.24) is 19.8 Å². The lowest BCUT2D eigenvalue weighted by atomic mass is 10.3. The number of hydrogen-bond donors (Lipinski definition) is 0. The molecule has 1 aliphatic heterocycles. The molecule has 2 aromatic rings. The molecule has 0 radical (unpaired) electrons. The van der Waals surface area contributed by atoms with Crippen molar-refractivity contribution in [3.05, 3.63) is 11.5 Å². The van der Waals surface area contributed by atoms with E-state index in [4.69, 9.17) is 16.3 Å². The fraction of sp³-hybridized carbons (Fsp3) is 0.375. The Labute approximate surface area is 90.4 Å². The Morgan fingerprint density at radius 3 is 3.27 bits per heavy atom. The van der Waals surface area contributed by atoms with Crippen molar-refractivity contribution in [1.29, 1.82) is 0 Å². The van der Waals surface area contributed by atoms with Gasteiger partial charge in [0.05, 0.1) is 6.54 Å². The summed E-state index contributed by atoms with van der Waals surface area (Å²) in [5.74, 6) is 0.589. The van der Waals surface area contributed by atoms with Crippen molar-refractivity contribution in [3.8, 4) is 5.75 Å². The second-order valence-electron chi connectivity index (χ2n) is 3.34. The second-order valence-corrected chi connectivity index (χ2v) is 3.70. The van der Waals surface area contributed by atoms with E-state index >= 15 is 0 Å². The van der Waals surface area contributed by atoms with Crippen LogP contribution in [0.3, 0.4) is 0 Å². The molecular formula is C8H8ClN5O.